The van der Waals surface area contributed by atoms with E-state index in [9.17, 15) is 0 Å². The molecule has 0 fully saturated rings. The van der Waals surface area contributed by atoms with E-state index in [0.29, 0.717) is 5.69 Å². The number of nitrogens with zero attached hydrogens (tertiary/aromatic N) is 5. The van der Waals surface area contributed by atoms with E-state index in [1.807, 2.05) is 30.7 Å². The number of nitriles is 3. The van der Waals surface area contributed by atoms with Crippen LogP contribution in [0.1, 0.15) is 5.82 Å². The Labute approximate surface area is 115 Å². The third-order valence-electron chi connectivity index (χ3n) is 2.96. The van der Waals surface area contributed by atoms with Crippen LogP contribution in [0.2, 0.25) is 0 Å². The Bertz CT molecular complexity index is 819. The Hall–Kier alpha value is -3.30. The molecule has 20 heavy (non-hydrogen) atoms. The fourth-order valence-corrected chi connectivity index (χ4v) is 1.83. The number of anilines is 1. The summed E-state index contributed by atoms with van der Waals surface area (Å²) in [5, 5.41) is 29.3. The standard InChI is InChI=1S/C14H10N6/c1-9-18-12-5-11(3-4-14(12)20(9)2)19-13(8-17)10(6-15)7-16/h3-5,19H,1-2H3. The van der Waals surface area contributed by atoms with Crippen molar-refractivity contribution >= 4 is 16.7 Å². The van der Waals surface area contributed by atoms with Crippen molar-refractivity contribution in [3.63, 3.8) is 0 Å². The van der Waals surface area contributed by atoms with Crippen LogP contribution in [-0.2, 0) is 7.05 Å². The van der Waals surface area contributed by atoms with E-state index in [1.54, 1.807) is 24.3 Å². The average Bonchev–Trinajstić information content (AvgIpc) is 2.73. The maximum absolute atomic E-state index is 8.99. The van der Waals surface area contributed by atoms with E-state index in [0.717, 1.165) is 16.9 Å². The summed E-state index contributed by atoms with van der Waals surface area (Å²) >= 11 is 0. The zero-order valence-electron chi connectivity index (χ0n) is 11.0. The summed E-state index contributed by atoms with van der Waals surface area (Å²) in [5.74, 6) is 0.878. The summed E-state index contributed by atoms with van der Waals surface area (Å²) in [5.41, 5.74) is 2.04. The smallest absolute Gasteiger partial charge is 0.163 e. The maximum atomic E-state index is 8.99. The zero-order valence-corrected chi connectivity index (χ0v) is 11.0. The summed E-state index contributed by atoms with van der Waals surface area (Å²) in [7, 11) is 1.92. The minimum Gasteiger partial charge on any atom is -0.345 e. The monoisotopic (exact) mass is 262 g/mol. The van der Waals surface area contributed by atoms with Gasteiger partial charge in [0, 0.05) is 12.7 Å². The van der Waals surface area contributed by atoms with Gasteiger partial charge in [0.15, 0.2) is 5.57 Å². The van der Waals surface area contributed by atoms with Gasteiger partial charge >= 0.3 is 0 Å². The molecule has 0 aliphatic carbocycles. The van der Waals surface area contributed by atoms with Crippen molar-refractivity contribution in [3.8, 4) is 18.2 Å². The largest absolute Gasteiger partial charge is 0.345 e. The fraction of sp³-hybridized carbons (Fsp3) is 0.143. The minimum atomic E-state index is -0.246. The van der Waals surface area contributed by atoms with E-state index >= 15 is 0 Å². The van der Waals surface area contributed by atoms with Crippen molar-refractivity contribution in [3.05, 3.63) is 35.3 Å². The first-order valence-electron chi connectivity index (χ1n) is 5.75. The predicted octanol–water partition coefficient (Wildman–Crippen LogP) is 2.12. The summed E-state index contributed by atoms with van der Waals surface area (Å²) in [6.07, 6.45) is 0. The van der Waals surface area contributed by atoms with Gasteiger partial charge in [-0.1, -0.05) is 0 Å². The highest BCUT2D eigenvalue weighted by Crippen LogP contribution is 2.20. The molecule has 0 radical (unpaired) electrons. The van der Waals surface area contributed by atoms with Crippen LogP contribution in [0.3, 0.4) is 0 Å². The van der Waals surface area contributed by atoms with Gasteiger partial charge in [0.1, 0.15) is 29.7 Å². The molecule has 1 heterocycles. The summed E-state index contributed by atoms with van der Waals surface area (Å²) in [4.78, 5) is 4.39. The lowest BCUT2D eigenvalue weighted by atomic mass is 10.2. The normalized spacial score (nSPS) is 9.35. The molecule has 0 saturated carbocycles. The number of aryl methyl sites for hydroxylation is 2. The molecule has 1 aromatic carbocycles. The number of fused-ring (bicyclic) bond motifs is 1. The summed E-state index contributed by atoms with van der Waals surface area (Å²) < 4.78 is 1.95. The third-order valence-corrected chi connectivity index (χ3v) is 2.96. The van der Waals surface area contributed by atoms with Gasteiger partial charge in [0.05, 0.1) is 11.0 Å². The van der Waals surface area contributed by atoms with Gasteiger partial charge < -0.3 is 9.88 Å². The van der Waals surface area contributed by atoms with Crippen molar-refractivity contribution in [2.24, 2.45) is 7.05 Å². The molecule has 0 spiro atoms. The van der Waals surface area contributed by atoms with Crippen LogP contribution in [-0.4, -0.2) is 9.55 Å². The molecule has 0 saturated heterocycles. The average molecular weight is 262 g/mol. The molecule has 0 aliphatic heterocycles. The van der Waals surface area contributed by atoms with Gasteiger partial charge in [-0.05, 0) is 25.1 Å². The molecule has 6 nitrogen and oxygen atoms in total. The van der Waals surface area contributed by atoms with E-state index < -0.39 is 0 Å². The molecule has 0 aliphatic rings. The lowest BCUT2D eigenvalue weighted by Gasteiger charge is -2.04. The van der Waals surface area contributed by atoms with Crippen LogP contribution in [0, 0.1) is 40.9 Å². The highest BCUT2D eigenvalue weighted by molar-refractivity contribution is 5.81. The Morgan fingerprint density at radius 1 is 1.20 bits per heavy atom. The first kappa shape index (κ1) is 13.1. The molecule has 0 atom stereocenters. The van der Waals surface area contributed by atoms with Gasteiger partial charge in [-0.3, -0.25) is 0 Å². The number of rotatable bonds is 2. The molecular weight excluding hydrogens is 252 g/mol. The second kappa shape index (κ2) is 5.14. The minimum absolute atomic E-state index is 0.0676. The lowest BCUT2D eigenvalue weighted by molar-refractivity contribution is 0.886. The molecule has 96 valence electrons. The summed E-state index contributed by atoms with van der Waals surface area (Å²) in [6, 6.07) is 10.6. The number of hydrogen-bond acceptors (Lipinski definition) is 5. The number of imidazole rings is 1. The van der Waals surface area contributed by atoms with Crippen molar-refractivity contribution in [2.75, 3.05) is 5.32 Å². The van der Waals surface area contributed by atoms with Crippen LogP contribution in [0.15, 0.2) is 29.5 Å². The van der Waals surface area contributed by atoms with Gasteiger partial charge in [0.25, 0.3) is 0 Å². The first-order chi connectivity index (χ1) is 9.60. The number of aromatic nitrogens is 2. The second-order valence-electron chi connectivity index (χ2n) is 4.13. The number of benzene rings is 1. The lowest BCUT2D eigenvalue weighted by Crippen LogP contribution is -2.00. The quantitative estimate of drug-likeness (QED) is 0.835. The van der Waals surface area contributed by atoms with Crippen LogP contribution >= 0.6 is 0 Å². The molecule has 6 heteroatoms. The van der Waals surface area contributed by atoms with Gasteiger partial charge in [0.2, 0.25) is 0 Å². The number of allylic oxidation sites excluding steroid dienone is 2. The van der Waals surface area contributed by atoms with Crippen LogP contribution in [0.5, 0.6) is 0 Å². The van der Waals surface area contributed by atoms with Crippen molar-refractivity contribution in [1.82, 2.24) is 9.55 Å². The fourth-order valence-electron chi connectivity index (χ4n) is 1.83. The summed E-state index contributed by atoms with van der Waals surface area (Å²) in [6.45, 7) is 1.90. The van der Waals surface area contributed by atoms with Crippen molar-refractivity contribution in [2.45, 2.75) is 6.92 Å². The Morgan fingerprint density at radius 2 is 1.90 bits per heavy atom. The molecule has 1 aromatic heterocycles. The number of nitrogens with one attached hydrogen (secondary N) is 1. The Balaban J connectivity index is 2.46. The predicted molar refractivity (Wildman–Crippen MR) is 72.9 cm³/mol. The first-order valence-corrected chi connectivity index (χ1v) is 5.75. The van der Waals surface area contributed by atoms with E-state index in [1.165, 1.54) is 0 Å². The molecule has 0 unspecified atom stereocenters. The van der Waals surface area contributed by atoms with E-state index in [-0.39, 0.29) is 11.3 Å². The van der Waals surface area contributed by atoms with Gasteiger partial charge in [-0.15, -0.1) is 0 Å². The molecule has 1 N–H and O–H groups in total. The van der Waals surface area contributed by atoms with Crippen LogP contribution in [0.4, 0.5) is 5.69 Å². The SMILES string of the molecule is Cc1nc2cc(NC(C#N)=C(C#N)C#N)ccc2n1C. The van der Waals surface area contributed by atoms with Crippen molar-refractivity contribution in [1.29, 1.82) is 15.8 Å². The Morgan fingerprint density at radius 3 is 2.50 bits per heavy atom. The van der Waals surface area contributed by atoms with Gasteiger partial charge in [-0.2, -0.15) is 15.8 Å². The van der Waals surface area contributed by atoms with Gasteiger partial charge in [-0.25, -0.2) is 4.98 Å². The molecule has 0 bridgehead atoms. The molecular formula is C14H10N6. The topological polar surface area (TPSA) is 101 Å². The molecule has 2 rings (SSSR count). The second-order valence-corrected chi connectivity index (χ2v) is 4.13. The van der Waals surface area contributed by atoms with Crippen molar-refractivity contribution < 1.29 is 0 Å². The highest BCUT2D eigenvalue weighted by atomic mass is 15.1. The zero-order chi connectivity index (χ0) is 14.7. The molecule has 2 aromatic rings. The number of hydrogen-bond donors (Lipinski definition) is 1. The maximum Gasteiger partial charge on any atom is 0.163 e. The molecule has 0 amide bonds. The van der Waals surface area contributed by atoms with E-state index in [2.05, 4.69) is 10.3 Å². The highest BCUT2D eigenvalue weighted by Gasteiger charge is 2.08. The van der Waals surface area contributed by atoms with Crippen LogP contribution < -0.4 is 5.32 Å². The Kier molecular flexibility index (Phi) is 3.37. The van der Waals surface area contributed by atoms with E-state index in [4.69, 9.17) is 15.8 Å². The third kappa shape index (κ3) is 2.16. The van der Waals surface area contributed by atoms with Crippen LogP contribution in [0.25, 0.3) is 11.0 Å².